The number of hydrogen-bond acceptors (Lipinski definition) is 5. The van der Waals surface area contributed by atoms with Gasteiger partial charge in [-0.05, 0) is 68.7 Å². The number of carbonyl (C=O) groups is 1. The SMILES string of the molecule is COc1cc(C)c(C(C)NC(=O)c2ccc(CN3CC(C)OC(C)C3)cc2)cc1OC. The molecule has 0 radical (unpaired) electrons. The van der Waals surface area contributed by atoms with E-state index in [1.54, 1.807) is 14.2 Å². The molecule has 1 heterocycles. The Kier molecular flexibility index (Phi) is 7.57. The second kappa shape index (κ2) is 10.2. The van der Waals surface area contributed by atoms with Gasteiger partial charge in [0.15, 0.2) is 11.5 Å². The van der Waals surface area contributed by atoms with Crippen LogP contribution in [0.2, 0.25) is 0 Å². The number of morpholine rings is 1. The molecule has 1 aliphatic heterocycles. The van der Waals surface area contributed by atoms with Gasteiger partial charge in [-0.25, -0.2) is 0 Å². The molecule has 0 saturated carbocycles. The topological polar surface area (TPSA) is 60.0 Å². The minimum atomic E-state index is -0.164. The fourth-order valence-electron chi connectivity index (χ4n) is 4.25. The zero-order valence-corrected chi connectivity index (χ0v) is 19.4. The summed E-state index contributed by atoms with van der Waals surface area (Å²) in [7, 11) is 3.23. The maximum atomic E-state index is 12.8. The predicted octanol–water partition coefficient (Wildman–Crippen LogP) is 4.11. The molecule has 31 heavy (non-hydrogen) atoms. The van der Waals surface area contributed by atoms with E-state index in [9.17, 15) is 4.79 Å². The number of aryl methyl sites for hydroxylation is 1. The third-order valence-corrected chi connectivity index (χ3v) is 5.70. The van der Waals surface area contributed by atoms with Crippen LogP contribution < -0.4 is 14.8 Å². The predicted molar refractivity (Wildman–Crippen MR) is 122 cm³/mol. The Morgan fingerprint density at radius 3 is 2.26 bits per heavy atom. The number of ether oxygens (including phenoxy) is 3. The minimum absolute atomic E-state index is 0.0955. The Labute approximate surface area is 185 Å². The molecule has 6 nitrogen and oxygen atoms in total. The largest absolute Gasteiger partial charge is 0.493 e. The van der Waals surface area contributed by atoms with Crippen molar-refractivity contribution in [2.24, 2.45) is 0 Å². The molecule has 3 rings (SSSR count). The van der Waals surface area contributed by atoms with E-state index < -0.39 is 0 Å². The van der Waals surface area contributed by atoms with Gasteiger partial charge in [0.05, 0.1) is 32.5 Å². The lowest BCUT2D eigenvalue weighted by molar-refractivity contribution is -0.0704. The first-order valence-corrected chi connectivity index (χ1v) is 10.8. The molecule has 6 heteroatoms. The van der Waals surface area contributed by atoms with Gasteiger partial charge in [0.25, 0.3) is 5.91 Å². The number of nitrogens with one attached hydrogen (secondary N) is 1. The average molecular weight is 427 g/mol. The quantitative estimate of drug-likeness (QED) is 0.722. The monoisotopic (exact) mass is 426 g/mol. The highest BCUT2D eigenvalue weighted by atomic mass is 16.5. The lowest BCUT2D eigenvalue weighted by atomic mass is 10.0. The highest BCUT2D eigenvalue weighted by Gasteiger charge is 2.22. The lowest BCUT2D eigenvalue weighted by Crippen LogP contribution is -2.44. The van der Waals surface area contributed by atoms with Crippen molar-refractivity contribution in [3.05, 3.63) is 58.7 Å². The molecule has 0 aliphatic carbocycles. The lowest BCUT2D eigenvalue weighted by Gasteiger charge is -2.35. The summed E-state index contributed by atoms with van der Waals surface area (Å²) >= 11 is 0. The highest BCUT2D eigenvalue weighted by molar-refractivity contribution is 5.94. The van der Waals surface area contributed by atoms with Crippen LogP contribution in [0.4, 0.5) is 0 Å². The molecule has 0 aromatic heterocycles. The maximum absolute atomic E-state index is 12.8. The van der Waals surface area contributed by atoms with E-state index >= 15 is 0 Å². The van der Waals surface area contributed by atoms with Gasteiger partial charge in [0.2, 0.25) is 0 Å². The minimum Gasteiger partial charge on any atom is -0.493 e. The third-order valence-electron chi connectivity index (χ3n) is 5.70. The van der Waals surface area contributed by atoms with E-state index in [1.807, 2.05) is 50.2 Å². The summed E-state index contributed by atoms with van der Waals surface area (Å²) < 4.78 is 16.6. The number of rotatable bonds is 7. The van der Waals surface area contributed by atoms with Crippen molar-refractivity contribution in [1.29, 1.82) is 0 Å². The molecule has 3 atom stereocenters. The van der Waals surface area contributed by atoms with Gasteiger partial charge in [-0.3, -0.25) is 9.69 Å². The van der Waals surface area contributed by atoms with Crippen LogP contribution in [-0.4, -0.2) is 50.3 Å². The molecule has 0 spiro atoms. The standard InChI is InChI=1S/C25H34N2O4/c1-16-11-23(29-5)24(30-6)12-22(16)19(4)26-25(28)21-9-7-20(8-10-21)15-27-13-17(2)31-18(3)14-27/h7-12,17-19H,13-15H2,1-6H3,(H,26,28). The Morgan fingerprint density at radius 2 is 1.68 bits per heavy atom. The van der Waals surface area contributed by atoms with Gasteiger partial charge < -0.3 is 19.5 Å². The van der Waals surface area contributed by atoms with E-state index in [0.29, 0.717) is 17.1 Å². The number of benzene rings is 2. The molecule has 2 aromatic rings. The van der Waals surface area contributed by atoms with Crippen LogP contribution >= 0.6 is 0 Å². The first kappa shape index (κ1) is 23.1. The maximum Gasteiger partial charge on any atom is 0.251 e. The van der Waals surface area contributed by atoms with Crippen molar-refractivity contribution in [3.63, 3.8) is 0 Å². The molecule has 0 bridgehead atoms. The van der Waals surface area contributed by atoms with Gasteiger partial charge >= 0.3 is 0 Å². The Morgan fingerprint density at radius 1 is 1.10 bits per heavy atom. The van der Waals surface area contributed by atoms with Crippen LogP contribution in [0.1, 0.15) is 53.9 Å². The highest BCUT2D eigenvalue weighted by Crippen LogP contribution is 2.33. The van der Waals surface area contributed by atoms with Crippen molar-refractivity contribution >= 4 is 5.91 Å². The normalized spacial score (nSPS) is 20.2. The first-order chi connectivity index (χ1) is 14.8. The summed E-state index contributed by atoms with van der Waals surface area (Å²) in [5.74, 6) is 1.24. The van der Waals surface area contributed by atoms with Crippen LogP contribution in [0.3, 0.4) is 0 Å². The van der Waals surface area contributed by atoms with Crippen molar-refractivity contribution in [1.82, 2.24) is 10.2 Å². The summed E-state index contributed by atoms with van der Waals surface area (Å²) in [5.41, 5.74) is 3.88. The van der Waals surface area contributed by atoms with Crippen LogP contribution in [0.25, 0.3) is 0 Å². The molecule has 1 amide bonds. The Balaban J connectivity index is 1.64. The van der Waals surface area contributed by atoms with E-state index in [-0.39, 0.29) is 24.2 Å². The second-order valence-electron chi connectivity index (χ2n) is 8.41. The van der Waals surface area contributed by atoms with Gasteiger partial charge in [0.1, 0.15) is 0 Å². The van der Waals surface area contributed by atoms with Crippen LogP contribution in [0.5, 0.6) is 11.5 Å². The van der Waals surface area contributed by atoms with E-state index in [4.69, 9.17) is 14.2 Å². The summed E-state index contributed by atoms with van der Waals surface area (Å²) in [6, 6.07) is 11.5. The zero-order valence-electron chi connectivity index (χ0n) is 19.4. The molecular weight excluding hydrogens is 392 g/mol. The zero-order chi connectivity index (χ0) is 22.5. The number of methoxy groups -OCH3 is 2. The third kappa shape index (κ3) is 5.77. The number of nitrogens with zero attached hydrogens (tertiary/aromatic N) is 1. The molecule has 1 aliphatic rings. The van der Waals surface area contributed by atoms with E-state index in [0.717, 1.165) is 30.8 Å². The summed E-state index contributed by atoms with van der Waals surface area (Å²) in [6.45, 7) is 10.9. The molecule has 1 fully saturated rings. The molecule has 3 unspecified atom stereocenters. The van der Waals surface area contributed by atoms with Crippen molar-refractivity contribution in [3.8, 4) is 11.5 Å². The molecule has 168 valence electrons. The summed E-state index contributed by atoms with van der Waals surface area (Å²) in [5, 5.41) is 3.09. The van der Waals surface area contributed by atoms with Crippen LogP contribution in [0.15, 0.2) is 36.4 Å². The van der Waals surface area contributed by atoms with Crippen LogP contribution in [-0.2, 0) is 11.3 Å². The number of carbonyl (C=O) groups excluding carboxylic acids is 1. The fraction of sp³-hybridized carbons (Fsp3) is 0.480. The molecule has 2 aromatic carbocycles. The molecular formula is C25H34N2O4. The first-order valence-electron chi connectivity index (χ1n) is 10.8. The summed E-state index contributed by atoms with van der Waals surface area (Å²) in [6.07, 6.45) is 0.491. The average Bonchev–Trinajstić information content (AvgIpc) is 2.73. The van der Waals surface area contributed by atoms with Gasteiger partial charge in [0, 0.05) is 25.2 Å². The van der Waals surface area contributed by atoms with Crippen molar-refractivity contribution < 1.29 is 19.0 Å². The summed E-state index contributed by atoms with van der Waals surface area (Å²) in [4.78, 5) is 15.2. The molecule has 1 N–H and O–H groups in total. The van der Waals surface area contributed by atoms with Gasteiger partial charge in [-0.1, -0.05) is 12.1 Å². The van der Waals surface area contributed by atoms with Crippen LogP contribution in [0, 0.1) is 6.92 Å². The van der Waals surface area contributed by atoms with Crippen molar-refractivity contribution in [2.75, 3.05) is 27.3 Å². The van der Waals surface area contributed by atoms with E-state index in [2.05, 4.69) is 24.1 Å². The number of hydrogen-bond donors (Lipinski definition) is 1. The fourth-order valence-corrected chi connectivity index (χ4v) is 4.25. The van der Waals surface area contributed by atoms with Gasteiger partial charge in [-0.15, -0.1) is 0 Å². The Hall–Kier alpha value is -2.57. The number of amides is 1. The Bertz CT molecular complexity index is 887. The van der Waals surface area contributed by atoms with E-state index in [1.165, 1.54) is 5.56 Å². The van der Waals surface area contributed by atoms with Crippen molar-refractivity contribution in [2.45, 2.75) is 52.5 Å². The molecule has 1 saturated heterocycles. The second-order valence-corrected chi connectivity index (χ2v) is 8.41. The smallest absolute Gasteiger partial charge is 0.251 e. The van der Waals surface area contributed by atoms with Gasteiger partial charge in [-0.2, -0.15) is 0 Å².